The highest BCUT2D eigenvalue weighted by molar-refractivity contribution is 5.48. The van der Waals surface area contributed by atoms with Gasteiger partial charge in [0.1, 0.15) is 0 Å². The number of unbranched alkanes of at least 4 members (excludes halogenated alkanes) is 1. The van der Waals surface area contributed by atoms with Crippen molar-refractivity contribution in [3.8, 4) is 0 Å². The minimum atomic E-state index is 1.01. The average molecular weight is 301 g/mol. The van der Waals surface area contributed by atoms with Crippen molar-refractivity contribution in [1.29, 1.82) is 0 Å². The lowest BCUT2D eigenvalue weighted by atomic mass is 10.2. The Morgan fingerprint density at radius 3 is 2.64 bits per heavy atom. The minimum absolute atomic E-state index is 1.01. The third kappa shape index (κ3) is 4.99. The van der Waals surface area contributed by atoms with Crippen molar-refractivity contribution in [2.75, 3.05) is 50.7 Å². The zero-order chi connectivity index (χ0) is 15.2. The Labute approximate surface area is 135 Å². The van der Waals surface area contributed by atoms with Crippen LogP contribution in [0, 0.1) is 12.8 Å². The molecule has 1 saturated heterocycles. The molecule has 0 atom stereocenters. The van der Waals surface area contributed by atoms with Gasteiger partial charge in [0.15, 0.2) is 0 Å². The van der Waals surface area contributed by atoms with E-state index in [1.165, 1.54) is 82.7 Å². The van der Waals surface area contributed by atoms with Crippen molar-refractivity contribution in [3.05, 3.63) is 29.8 Å². The normalized spacial score (nSPS) is 19.6. The molecule has 0 aromatic heterocycles. The molecule has 122 valence electrons. The SMILES string of the molecule is Cc1cccc(N2CCN(CCCCNCC3CC3)CC2)c1. The number of hydrogen-bond donors (Lipinski definition) is 1. The molecule has 1 heterocycles. The van der Waals surface area contributed by atoms with Gasteiger partial charge in [-0.25, -0.2) is 0 Å². The molecule has 1 saturated carbocycles. The lowest BCUT2D eigenvalue weighted by Gasteiger charge is -2.36. The van der Waals surface area contributed by atoms with Crippen LogP contribution >= 0.6 is 0 Å². The van der Waals surface area contributed by atoms with Gasteiger partial charge in [-0.1, -0.05) is 12.1 Å². The highest BCUT2D eigenvalue weighted by atomic mass is 15.3. The molecule has 3 rings (SSSR count). The van der Waals surface area contributed by atoms with Crippen LogP contribution in [0.2, 0.25) is 0 Å². The van der Waals surface area contributed by atoms with Gasteiger partial charge in [-0.2, -0.15) is 0 Å². The van der Waals surface area contributed by atoms with Gasteiger partial charge in [0.05, 0.1) is 0 Å². The molecular formula is C19H31N3. The van der Waals surface area contributed by atoms with E-state index in [9.17, 15) is 0 Å². The Balaban J connectivity index is 1.28. The third-order valence-electron chi connectivity index (χ3n) is 4.95. The number of benzene rings is 1. The Morgan fingerprint density at radius 2 is 1.91 bits per heavy atom. The van der Waals surface area contributed by atoms with Crippen molar-refractivity contribution in [2.24, 2.45) is 5.92 Å². The summed E-state index contributed by atoms with van der Waals surface area (Å²) >= 11 is 0. The molecule has 1 aromatic rings. The van der Waals surface area contributed by atoms with Crippen LogP contribution in [0.5, 0.6) is 0 Å². The van der Waals surface area contributed by atoms with Crippen LogP contribution in [0.3, 0.4) is 0 Å². The molecule has 0 amide bonds. The quantitative estimate of drug-likeness (QED) is 0.745. The molecular weight excluding hydrogens is 270 g/mol. The van der Waals surface area contributed by atoms with Gasteiger partial charge in [0, 0.05) is 31.9 Å². The number of hydrogen-bond acceptors (Lipinski definition) is 3. The third-order valence-corrected chi connectivity index (χ3v) is 4.95. The topological polar surface area (TPSA) is 18.5 Å². The maximum absolute atomic E-state index is 3.59. The van der Waals surface area contributed by atoms with E-state index in [4.69, 9.17) is 0 Å². The van der Waals surface area contributed by atoms with Crippen LogP contribution in [0.25, 0.3) is 0 Å². The van der Waals surface area contributed by atoms with Gasteiger partial charge in [-0.15, -0.1) is 0 Å². The zero-order valence-corrected chi connectivity index (χ0v) is 14.1. The molecule has 1 aliphatic heterocycles. The van der Waals surface area contributed by atoms with E-state index in [1.54, 1.807) is 0 Å². The summed E-state index contributed by atoms with van der Waals surface area (Å²) in [6.07, 6.45) is 5.57. The smallest absolute Gasteiger partial charge is 0.0369 e. The first-order chi connectivity index (χ1) is 10.8. The van der Waals surface area contributed by atoms with Crippen LogP contribution in [-0.4, -0.2) is 50.7 Å². The summed E-state index contributed by atoms with van der Waals surface area (Å²) in [5.74, 6) is 1.01. The van der Waals surface area contributed by atoms with Crippen molar-refractivity contribution in [3.63, 3.8) is 0 Å². The summed E-state index contributed by atoms with van der Waals surface area (Å²) in [6, 6.07) is 8.90. The number of anilines is 1. The van der Waals surface area contributed by atoms with Gasteiger partial charge in [-0.3, -0.25) is 4.90 Å². The molecule has 0 spiro atoms. The molecule has 3 heteroatoms. The Bertz CT molecular complexity index is 448. The number of nitrogens with one attached hydrogen (secondary N) is 1. The fourth-order valence-corrected chi connectivity index (χ4v) is 3.27. The first kappa shape index (κ1) is 15.8. The summed E-state index contributed by atoms with van der Waals surface area (Å²) in [7, 11) is 0. The van der Waals surface area contributed by atoms with E-state index >= 15 is 0 Å². The first-order valence-electron chi connectivity index (χ1n) is 9.06. The fraction of sp³-hybridized carbons (Fsp3) is 0.684. The van der Waals surface area contributed by atoms with Gasteiger partial charge < -0.3 is 10.2 Å². The zero-order valence-electron chi connectivity index (χ0n) is 14.1. The number of nitrogens with zero attached hydrogens (tertiary/aromatic N) is 2. The molecule has 0 radical (unpaired) electrons. The molecule has 2 fully saturated rings. The maximum Gasteiger partial charge on any atom is 0.0369 e. The second-order valence-corrected chi connectivity index (χ2v) is 7.02. The van der Waals surface area contributed by atoms with E-state index in [-0.39, 0.29) is 0 Å². The second kappa shape index (κ2) is 7.98. The molecule has 2 aliphatic rings. The van der Waals surface area contributed by atoms with Crippen LogP contribution in [0.15, 0.2) is 24.3 Å². The van der Waals surface area contributed by atoms with Crippen molar-refractivity contribution < 1.29 is 0 Å². The van der Waals surface area contributed by atoms with Crippen LogP contribution in [-0.2, 0) is 0 Å². The van der Waals surface area contributed by atoms with E-state index < -0.39 is 0 Å². The Hall–Kier alpha value is -1.06. The molecule has 1 aromatic carbocycles. The lowest BCUT2D eigenvalue weighted by molar-refractivity contribution is 0.252. The number of rotatable bonds is 8. The largest absolute Gasteiger partial charge is 0.369 e. The summed E-state index contributed by atoms with van der Waals surface area (Å²) in [5, 5.41) is 3.59. The van der Waals surface area contributed by atoms with E-state index in [2.05, 4.69) is 46.3 Å². The van der Waals surface area contributed by atoms with E-state index in [0.717, 1.165) is 5.92 Å². The van der Waals surface area contributed by atoms with Gasteiger partial charge in [-0.05, 0) is 75.9 Å². The van der Waals surface area contributed by atoms with Gasteiger partial charge in [0.2, 0.25) is 0 Å². The molecule has 0 bridgehead atoms. The summed E-state index contributed by atoms with van der Waals surface area (Å²) in [5.41, 5.74) is 2.75. The first-order valence-corrected chi connectivity index (χ1v) is 9.06. The van der Waals surface area contributed by atoms with Crippen LogP contribution in [0.4, 0.5) is 5.69 Å². The summed E-state index contributed by atoms with van der Waals surface area (Å²) in [6.45, 7) is 10.7. The average Bonchev–Trinajstić information content (AvgIpc) is 3.36. The van der Waals surface area contributed by atoms with Gasteiger partial charge in [0.25, 0.3) is 0 Å². The Kier molecular flexibility index (Phi) is 5.74. The Morgan fingerprint density at radius 1 is 1.09 bits per heavy atom. The highest BCUT2D eigenvalue weighted by Gasteiger charge is 2.20. The fourth-order valence-electron chi connectivity index (χ4n) is 3.27. The minimum Gasteiger partial charge on any atom is -0.369 e. The summed E-state index contributed by atoms with van der Waals surface area (Å²) < 4.78 is 0. The van der Waals surface area contributed by atoms with E-state index in [0.29, 0.717) is 0 Å². The highest BCUT2D eigenvalue weighted by Crippen LogP contribution is 2.27. The van der Waals surface area contributed by atoms with Crippen molar-refractivity contribution >= 4 is 5.69 Å². The molecule has 1 N–H and O–H groups in total. The standard InChI is InChI=1S/C19H31N3/c1-17-5-4-6-19(15-17)22-13-11-21(12-14-22)10-3-2-9-20-16-18-7-8-18/h4-6,15,18,20H,2-3,7-14,16H2,1H3. The second-order valence-electron chi connectivity index (χ2n) is 7.02. The lowest BCUT2D eigenvalue weighted by Crippen LogP contribution is -2.46. The molecule has 0 unspecified atom stereocenters. The van der Waals surface area contributed by atoms with Crippen molar-refractivity contribution in [2.45, 2.75) is 32.6 Å². The monoisotopic (exact) mass is 301 g/mol. The van der Waals surface area contributed by atoms with Crippen LogP contribution in [0.1, 0.15) is 31.2 Å². The molecule has 22 heavy (non-hydrogen) atoms. The number of aryl methyl sites for hydroxylation is 1. The predicted octanol–water partition coefficient (Wildman–Crippen LogP) is 2.90. The molecule has 3 nitrogen and oxygen atoms in total. The molecule has 1 aliphatic carbocycles. The van der Waals surface area contributed by atoms with Crippen molar-refractivity contribution in [1.82, 2.24) is 10.2 Å². The van der Waals surface area contributed by atoms with Crippen LogP contribution < -0.4 is 10.2 Å². The summed E-state index contributed by atoms with van der Waals surface area (Å²) in [4.78, 5) is 5.16. The van der Waals surface area contributed by atoms with Gasteiger partial charge >= 0.3 is 0 Å². The maximum atomic E-state index is 3.59. The number of piperazine rings is 1. The van der Waals surface area contributed by atoms with E-state index in [1.807, 2.05) is 0 Å². The predicted molar refractivity (Wildman–Crippen MR) is 94.7 cm³/mol.